The Kier molecular flexibility index (Phi) is 9.27. The van der Waals surface area contributed by atoms with Crippen LogP contribution in [0, 0.1) is 0 Å². The van der Waals surface area contributed by atoms with E-state index in [-0.39, 0.29) is 0 Å². The van der Waals surface area contributed by atoms with Gasteiger partial charge in [-0.2, -0.15) is 0 Å². The minimum absolute atomic E-state index is 0.795. The third-order valence-electron chi connectivity index (χ3n) is 2.99. The standard InChI is InChI=1S/C16H27NO/c1-2-3-4-5-6-10-14-18-15-13-17-16-11-8-7-9-12-16/h7-9,11-12,17H,2-6,10,13-15H2,1H3. The minimum Gasteiger partial charge on any atom is -0.383 e. The first-order valence-corrected chi connectivity index (χ1v) is 7.30. The van der Waals surface area contributed by atoms with Gasteiger partial charge >= 0.3 is 0 Å². The Hall–Kier alpha value is -1.02. The summed E-state index contributed by atoms with van der Waals surface area (Å²) in [7, 11) is 0. The van der Waals surface area contributed by atoms with Crippen molar-refractivity contribution in [1.29, 1.82) is 0 Å². The molecular formula is C16H27NO. The van der Waals surface area contributed by atoms with Crippen LogP contribution in [0.2, 0.25) is 0 Å². The van der Waals surface area contributed by atoms with Crippen LogP contribution in [-0.4, -0.2) is 19.8 Å². The number of anilines is 1. The van der Waals surface area contributed by atoms with Gasteiger partial charge in [-0.05, 0) is 18.6 Å². The summed E-state index contributed by atoms with van der Waals surface area (Å²) in [6.45, 7) is 4.84. The SMILES string of the molecule is CCCCCCCCOCCNc1ccccc1. The lowest BCUT2D eigenvalue weighted by molar-refractivity contribution is 0.139. The van der Waals surface area contributed by atoms with E-state index in [1.54, 1.807) is 0 Å². The van der Waals surface area contributed by atoms with Crippen LogP contribution in [0.1, 0.15) is 45.4 Å². The quantitative estimate of drug-likeness (QED) is 0.584. The van der Waals surface area contributed by atoms with Gasteiger partial charge in [-0.3, -0.25) is 0 Å². The predicted molar refractivity (Wildman–Crippen MR) is 79.1 cm³/mol. The maximum Gasteiger partial charge on any atom is 0.0639 e. The predicted octanol–water partition coefficient (Wildman–Crippen LogP) is 4.48. The fraction of sp³-hybridized carbons (Fsp3) is 0.625. The van der Waals surface area contributed by atoms with Crippen LogP contribution in [0.5, 0.6) is 0 Å². The summed E-state index contributed by atoms with van der Waals surface area (Å²) in [5, 5.41) is 3.34. The second-order valence-corrected chi connectivity index (χ2v) is 4.67. The van der Waals surface area contributed by atoms with Crippen molar-refractivity contribution in [3.63, 3.8) is 0 Å². The lowest BCUT2D eigenvalue weighted by Crippen LogP contribution is -2.09. The molecule has 2 nitrogen and oxygen atoms in total. The van der Waals surface area contributed by atoms with Gasteiger partial charge in [-0.25, -0.2) is 0 Å². The Labute approximate surface area is 112 Å². The largest absolute Gasteiger partial charge is 0.383 e. The first kappa shape index (κ1) is 15.0. The molecule has 102 valence electrons. The lowest BCUT2D eigenvalue weighted by Gasteiger charge is -2.07. The summed E-state index contributed by atoms with van der Waals surface area (Å²) in [4.78, 5) is 0. The Balaban J connectivity index is 1.82. The molecule has 0 aromatic heterocycles. The molecule has 1 aromatic carbocycles. The van der Waals surface area contributed by atoms with E-state index in [2.05, 4.69) is 24.4 Å². The lowest BCUT2D eigenvalue weighted by atomic mass is 10.1. The molecule has 1 N–H and O–H groups in total. The topological polar surface area (TPSA) is 21.3 Å². The maximum atomic E-state index is 5.60. The normalized spacial score (nSPS) is 10.5. The summed E-state index contributed by atoms with van der Waals surface area (Å²) in [6.07, 6.45) is 7.95. The zero-order valence-corrected chi connectivity index (χ0v) is 11.7. The molecule has 0 aliphatic rings. The smallest absolute Gasteiger partial charge is 0.0639 e. The van der Waals surface area contributed by atoms with Crippen LogP contribution in [0.3, 0.4) is 0 Å². The highest BCUT2D eigenvalue weighted by molar-refractivity contribution is 5.42. The van der Waals surface area contributed by atoms with Crippen molar-refractivity contribution in [2.24, 2.45) is 0 Å². The van der Waals surface area contributed by atoms with Crippen LogP contribution in [0.15, 0.2) is 30.3 Å². The van der Waals surface area contributed by atoms with Crippen molar-refractivity contribution in [3.8, 4) is 0 Å². The molecule has 1 aromatic rings. The molecule has 18 heavy (non-hydrogen) atoms. The van der Waals surface area contributed by atoms with Crippen molar-refractivity contribution in [3.05, 3.63) is 30.3 Å². The van der Waals surface area contributed by atoms with E-state index in [0.29, 0.717) is 0 Å². The Morgan fingerprint density at radius 3 is 2.39 bits per heavy atom. The second-order valence-electron chi connectivity index (χ2n) is 4.67. The van der Waals surface area contributed by atoms with Crippen LogP contribution >= 0.6 is 0 Å². The van der Waals surface area contributed by atoms with Crippen molar-refractivity contribution in [1.82, 2.24) is 0 Å². The summed E-state index contributed by atoms with van der Waals surface area (Å²) in [5.74, 6) is 0. The highest BCUT2D eigenvalue weighted by Crippen LogP contribution is 2.05. The van der Waals surface area contributed by atoms with E-state index in [1.807, 2.05) is 18.2 Å². The van der Waals surface area contributed by atoms with Gasteiger partial charge in [0, 0.05) is 18.8 Å². The number of rotatable bonds is 11. The maximum absolute atomic E-state index is 5.60. The van der Waals surface area contributed by atoms with Gasteiger partial charge in [0.15, 0.2) is 0 Å². The summed E-state index contributed by atoms with van der Waals surface area (Å²) in [6, 6.07) is 10.3. The van der Waals surface area contributed by atoms with Gasteiger partial charge in [0.25, 0.3) is 0 Å². The monoisotopic (exact) mass is 249 g/mol. The highest BCUT2D eigenvalue weighted by Gasteiger charge is 1.92. The number of ether oxygens (including phenoxy) is 1. The van der Waals surface area contributed by atoms with Crippen molar-refractivity contribution < 1.29 is 4.74 Å². The van der Waals surface area contributed by atoms with Gasteiger partial charge in [-0.15, -0.1) is 0 Å². The van der Waals surface area contributed by atoms with Gasteiger partial charge in [0.05, 0.1) is 6.61 Å². The van der Waals surface area contributed by atoms with E-state index in [4.69, 9.17) is 4.74 Å². The molecule has 0 unspecified atom stereocenters. The fourth-order valence-corrected chi connectivity index (χ4v) is 1.91. The zero-order valence-electron chi connectivity index (χ0n) is 11.7. The van der Waals surface area contributed by atoms with E-state index in [9.17, 15) is 0 Å². The molecule has 0 radical (unpaired) electrons. The number of hydrogen-bond donors (Lipinski definition) is 1. The van der Waals surface area contributed by atoms with Gasteiger partial charge in [0.2, 0.25) is 0 Å². The number of benzene rings is 1. The highest BCUT2D eigenvalue weighted by atomic mass is 16.5. The summed E-state index contributed by atoms with van der Waals surface area (Å²) < 4.78 is 5.60. The van der Waals surface area contributed by atoms with Gasteiger partial charge < -0.3 is 10.1 Å². The van der Waals surface area contributed by atoms with E-state index >= 15 is 0 Å². The third kappa shape index (κ3) is 8.13. The Morgan fingerprint density at radius 2 is 1.61 bits per heavy atom. The molecule has 2 heteroatoms. The Bertz CT molecular complexity index is 274. The molecule has 0 amide bonds. The number of hydrogen-bond acceptors (Lipinski definition) is 2. The zero-order chi connectivity index (χ0) is 12.9. The molecule has 0 fully saturated rings. The first-order valence-electron chi connectivity index (χ1n) is 7.30. The number of nitrogens with one attached hydrogen (secondary N) is 1. The molecule has 1 rings (SSSR count). The summed E-state index contributed by atoms with van der Waals surface area (Å²) >= 11 is 0. The molecule has 0 aliphatic carbocycles. The summed E-state index contributed by atoms with van der Waals surface area (Å²) in [5.41, 5.74) is 1.17. The first-order chi connectivity index (χ1) is 8.93. The van der Waals surface area contributed by atoms with Crippen LogP contribution in [0.4, 0.5) is 5.69 Å². The van der Waals surface area contributed by atoms with Crippen LogP contribution < -0.4 is 5.32 Å². The molecule has 0 saturated carbocycles. The Morgan fingerprint density at radius 1 is 0.889 bits per heavy atom. The van der Waals surface area contributed by atoms with Gasteiger partial charge in [-0.1, -0.05) is 57.2 Å². The molecule has 0 atom stereocenters. The number of para-hydroxylation sites is 1. The van der Waals surface area contributed by atoms with Crippen LogP contribution in [-0.2, 0) is 4.74 Å². The van der Waals surface area contributed by atoms with E-state index < -0.39 is 0 Å². The average Bonchev–Trinajstić information content (AvgIpc) is 2.42. The van der Waals surface area contributed by atoms with Crippen LogP contribution in [0.25, 0.3) is 0 Å². The van der Waals surface area contributed by atoms with E-state index in [1.165, 1.54) is 44.2 Å². The molecule has 0 bridgehead atoms. The molecule has 0 saturated heterocycles. The number of unbranched alkanes of at least 4 members (excludes halogenated alkanes) is 5. The molecule has 0 aliphatic heterocycles. The van der Waals surface area contributed by atoms with Crippen molar-refractivity contribution in [2.75, 3.05) is 25.1 Å². The molecular weight excluding hydrogens is 222 g/mol. The minimum atomic E-state index is 0.795. The van der Waals surface area contributed by atoms with Crippen molar-refractivity contribution >= 4 is 5.69 Å². The fourth-order valence-electron chi connectivity index (χ4n) is 1.91. The second kappa shape index (κ2) is 11.1. The molecule has 0 spiro atoms. The average molecular weight is 249 g/mol. The molecule has 0 heterocycles. The van der Waals surface area contributed by atoms with E-state index in [0.717, 1.165) is 19.8 Å². The third-order valence-corrected chi connectivity index (χ3v) is 2.99. The van der Waals surface area contributed by atoms with Crippen molar-refractivity contribution in [2.45, 2.75) is 45.4 Å². The van der Waals surface area contributed by atoms with Gasteiger partial charge in [0.1, 0.15) is 0 Å².